The molecule has 0 unspecified atom stereocenters. The highest BCUT2D eigenvalue weighted by atomic mass is 19.4. The van der Waals surface area contributed by atoms with Crippen molar-refractivity contribution in [3.8, 4) is 17.2 Å². The topological polar surface area (TPSA) is 75.0 Å². The van der Waals surface area contributed by atoms with Gasteiger partial charge in [0, 0.05) is 6.07 Å². The lowest BCUT2D eigenvalue weighted by molar-refractivity contribution is -0.154. The molecule has 0 saturated heterocycles. The summed E-state index contributed by atoms with van der Waals surface area (Å²) < 4.78 is 62.0. The van der Waals surface area contributed by atoms with Crippen molar-refractivity contribution in [2.75, 3.05) is 7.11 Å². The highest BCUT2D eigenvalue weighted by Gasteiger charge is 2.40. The predicted molar refractivity (Wildman–Crippen MR) is 121 cm³/mol. The SMILES string of the molecule is COC(=O)c1ccc(COc2ccc3c(=O)c(Oc4cccc(C)c4)c(C(F)(F)F)oc3c2)cc1. The van der Waals surface area contributed by atoms with E-state index in [1.807, 2.05) is 0 Å². The monoisotopic (exact) mass is 484 g/mol. The number of carbonyl (C=O) groups is 1. The van der Waals surface area contributed by atoms with Gasteiger partial charge in [0.25, 0.3) is 5.76 Å². The van der Waals surface area contributed by atoms with Gasteiger partial charge in [-0.3, -0.25) is 4.79 Å². The molecule has 1 heterocycles. The summed E-state index contributed by atoms with van der Waals surface area (Å²) in [6.07, 6.45) is -4.97. The zero-order valence-electron chi connectivity index (χ0n) is 18.6. The lowest BCUT2D eigenvalue weighted by atomic mass is 10.1. The minimum atomic E-state index is -4.97. The van der Waals surface area contributed by atoms with E-state index < -0.39 is 29.1 Å². The molecular formula is C26H19F3O6. The van der Waals surface area contributed by atoms with Gasteiger partial charge in [0.05, 0.1) is 18.1 Å². The molecule has 0 spiro atoms. The fraction of sp³-hybridized carbons (Fsp3) is 0.154. The maximum atomic E-state index is 13.7. The molecule has 9 heteroatoms. The van der Waals surface area contributed by atoms with E-state index in [9.17, 15) is 22.8 Å². The van der Waals surface area contributed by atoms with Crippen molar-refractivity contribution in [2.45, 2.75) is 19.7 Å². The van der Waals surface area contributed by atoms with Gasteiger partial charge in [-0.1, -0.05) is 24.3 Å². The number of ether oxygens (including phenoxy) is 3. The van der Waals surface area contributed by atoms with Crippen LogP contribution in [0.1, 0.15) is 27.2 Å². The summed E-state index contributed by atoms with van der Waals surface area (Å²) in [5.41, 5.74) is 0.578. The number of rotatable bonds is 6. The van der Waals surface area contributed by atoms with E-state index in [0.717, 1.165) is 5.56 Å². The summed E-state index contributed by atoms with van der Waals surface area (Å²) in [6, 6.07) is 16.7. The Kier molecular flexibility index (Phi) is 6.50. The van der Waals surface area contributed by atoms with Gasteiger partial charge >= 0.3 is 12.1 Å². The molecule has 0 aliphatic rings. The smallest absolute Gasteiger partial charge is 0.453 e. The van der Waals surface area contributed by atoms with Crippen LogP contribution in [0.15, 0.2) is 75.9 Å². The first-order valence-corrected chi connectivity index (χ1v) is 10.4. The van der Waals surface area contributed by atoms with Gasteiger partial charge in [0.15, 0.2) is 0 Å². The summed E-state index contributed by atoms with van der Waals surface area (Å²) in [5, 5.41) is -0.0876. The van der Waals surface area contributed by atoms with Crippen molar-refractivity contribution in [3.05, 3.63) is 99.4 Å². The third kappa shape index (κ3) is 5.29. The second-order valence-electron chi connectivity index (χ2n) is 7.64. The standard InChI is InChI=1S/C26H19F3O6/c1-15-4-3-5-19(12-15)34-23-22(30)20-11-10-18(13-21(20)35-24(23)26(27,28)29)33-14-16-6-8-17(9-7-16)25(31)32-2/h3-13H,14H2,1-2H3. The Hall–Kier alpha value is -4.27. The molecule has 3 aromatic carbocycles. The van der Waals surface area contributed by atoms with Crippen LogP contribution < -0.4 is 14.9 Å². The van der Waals surface area contributed by atoms with Crippen LogP contribution >= 0.6 is 0 Å². The van der Waals surface area contributed by atoms with Gasteiger partial charge in [0.1, 0.15) is 23.7 Å². The third-order valence-electron chi connectivity index (χ3n) is 5.07. The molecule has 0 saturated carbocycles. The Morgan fingerprint density at radius 3 is 2.37 bits per heavy atom. The average molecular weight is 484 g/mol. The molecule has 4 rings (SSSR count). The molecule has 0 fully saturated rings. The first kappa shape index (κ1) is 23.9. The third-order valence-corrected chi connectivity index (χ3v) is 5.07. The number of aryl methyl sites for hydroxylation is 1. The number of carbonyl (C=O) groups excluding carboxylic acids is 1. The minimum Gasteiger partial charge on any atom is -0.489 e. The predicted octanol–water partition coefficient (Wildman–Crippen LogP) is 6.28. The molecule has 0 aliphatic heterocycles. The van der Waals surface area contributed by atoms with E-state index in [-0.39, 0.29) is 29.1 Å². The van der Waals surface area contributed by atoms with Crippen LogP contribution in [-0.2, 0) is 17.5 Å². The lowest BCUT2D eigenvalue weighted by Crippen LogP contribution is -2.15. The van der Waals surface area contributed by atoms with Crippen LogP contribution in [0, 0.1) is 6.92 Å². The maximum Gasteiger partial charge on any atom is 0.453 e. The number of esters is 1. The lowest BCUT2D eigenvalue weighted by Gasteiger charge is -2.14. The zero-order chi connectivity index (χ0) is 25.2. The van der Waals surface area contributed by atoms with Crippen LogP contribution in [0.3, 0.4) is 0 Å². The van der Waals surface area contributed by atoms with Crippen LogP contribution in [-0.4, -0.2) is 13.1 Å². The number of halogens is 3. The number of hydrogen-bond donors (Lipinski definition) is 0. The second-order valence-corrected chi connectivity index (χ2v) is 7.64. The molecule has 0 radical (unpaired) electrons. The van der Waals surface area contributed by atoms with Gasteiger partial charge in [-0.2, -0.15) is 13.2 Å². The van der Waals surface area contributed by atoms with E-state index in [1.165, 1.54) is 37.4 Å². The molecule has 180 valence electrons. The summed E-state index contributed by atoms with van der Waals surface area (Å²) in [5.74, 6) is -2.67. The summed E-state index contributed by atoms with van der Waals surface area (Å²) >= 11 is 0. The van der Waals surface area contributed by atoms with Crippen molar-refractivity contribution in [1.29, 1.82) is 0 Å². The quantitative estimate of drug-likeness (QED) is 0.300. The van der Waals surface area contributed by atoms with Crippen molar-refractivity contribution >= 4 is 16.9 Å². The Bertz CT molecular complexity index is 1440. The van der Waals surface area contributed by atoms with Gasteiger partial charge < -0.3 is 18.6 Å². The fourth-order valence-corrected chi connectivity index (χ4v) is 3.34. The fourth-order valence-electron chi connectivity index (χ4n) is 3.34. The molecule has 0 aliphatic carbocycles. The normalized spacial score (nSPS) is 11.3. The van der Waals surface area contributed by atoms with Crippen LogP contribution in [0.25, 0.3) is 11.0 Å². The Morgan fingerprint density at radius 1 is 0.971 bits per heavy atom. The molecule has 0 amide bonds. The van der Waals surface area contributed by atoms with Crippen molar-refractivity contribution in [3.63, 3.8) is 0 Å². The van der Waals surface area contributed by atoms with Crippen molar-refractivity contribution in [1.82, 2.24) is 0 Å². The van der Waals surface area contributed by atoms with Gasteiger partial charge in [-0.15, -0.1) is 0 Å². The highest BCUT2D eigenvalue weighted by molar-refractivity contribution is 5.89. The second kappa shape index (κ2) is 9.54. The zero-order valence-corrected chi connectivity index (χ0v) is 18.6. The number of methoxy groups -OCH3 is 1. The largest absolute Gasteiger partial charge is 0.489 e. The van der Waals surface area contributed by atoms with Crippen LogP contribution in [0.2, 0.25) is 0 Å². The van der Waals surface area contributed by atoms with Gasteiger partial charge in [-0.05, 0) is 54.4 Å². The highest BCUT2D eigenvalue weighted by Crippen LogP contribution is 2.38. The van der Waals surface area contributed by atoms with E-state index in [2.05, 4.69) is 4.74 Å². The van der Waals surface area contributed by atoms with Gasteiger partial charge in [-0.25, -0.2) is 4.79 Å². The first-order valence-electron chi connectivity index (χ1n) is 10.4. The van der Waals surface area contributed by atoms with Crippen molar-refractivity contribution in [2.24, 2.45) is 0 Å². The Morgan fingerprint density at radius 2 is 1.71 bits per heavy atom. The van der Waals surface area contributed by atoms with Gasteiger partial charge in [0.2, 0.25) is 11.2 Å². The summed E-state index contributed by atoms with van der Waals surface area (Å²) in [7, 11) is 1.28. The maximum absolute atomic E-state index is 13.7. The first-order chi connectivity index (χ1) is 16.7. The molecule has 4 aromatic rings. The van der Waals surface area contributed by atoms with Crippen LogP contribution in [0.4, 0.5) is 13.2 Å². The molecule has 35 heavy (non-hydrogen) atoms. The van der Waals surface area contributed by atoms with Crippen molar-refractivity contribution < 1.29 is 36.6 Å². The average Bonchev–Trinajstić information content (AvgIpc) is 2.83. The molecule has 0 atom stereocenters. The molecule has 1 aromatic heterocycles. The minimum absolute atomic E-state index is 0.0673. The number of hydrogen-bond acceptors (Lipinski definition) is 6. The van der Waals surface area contributed by atoms with E-state index in [0.29, 0.717) is 11.1 Å². The Labute approximate surface area is 197 Å². The number of alkyl halides is 3. The molecular weight excluding hydrogens is 465 g/mol. The van der Waals surface area contributed by atoms with E-state index >= 15 is 0 Å². The summed E-state index contributed by atoms with van der Waals surface area (Å²) in [6.45, 7) is 1.81. The number of fused-ring (bicyclic) bond motifs is 1. The van der Waals surface area contributed by atoms with Crippen LogP contribution in [0.5, 0.6) is 17.2 Å². The number of benzene rings is 3. The molecule has 6 nitrogen and oxygen atoms in total. The van der Waals surface area contributed by atoms with E-state index in [4.69, 9.17) is 13.9 Å². The molecule has 0 bridgehead atoms. The summed E-state index contributed by atoms with van der Waals surface area (Å²) in [4.78, 5) is 24.4. The van der Waals surface area contributed by atoms with E-state index in [1.54, 1.807) is 43.3 Å². The Balaban J connectivity index is 1.64. The molecule has 0 N–H and O–H groups in total.